The lowest BCUT2D eigenvalue weighted by atomic mass is 10.4. The first-order chi connectivity index (χ1) is 9.70. The summed E-state index contributed by atoms with van der Waals surface area (Å²) >= 11 is 1.21. The highest BCUT2D eigenvalue weighted by molar-refractivity contribution is 7.17. The van der Waals surface area contributed by atoms with Gasteiger partial charge in [0.2, 0.25) is 5.13 Å². The summed E-state index contributed by atoms with van der Waals surface area (Å²) in [5, 5.41) is 4.57. The molecule has 2 heterocycles. The number of ether oxygens (including phenoxy) is 1. The van der Waals surface area contributed by atoms with Gasteiger partial charge in [-0.2, -0.15) is 5.10 Å². The van der Waals surface area contributed by atoms with Gasteiger partial charge >= 0.3 is 5.97 Å². The minimum Gasteiger partial charge on any atom is -0.462 e. The SMILES string of the molecule is CCOC(=O)c1sc(N/N=C/c2ccccn2)nc1C. The molecule has 0 aromatic carbocycles. The van der Waals surface area contributed by atoms with E-state index in [9.17, 15) is 4.79 Å². The lowest BCUT2D eigenvalue weighted by Crippen LogP contribution is -2.03. The summed E-state index contributed by atoms with van der Waals surface area (Å²) in [4.78, 5) is 20.5. The fraction of sp³-hybridized carbons (Fsp3) is 0.231. The number of aryl methyl sites for hydroxylation is 1. The zero-order valence-electron chi connectivity index (χ0n) is 11.2. The van der Waals surface area contributed by atoms with Crippen molar-refractivity contribution in [2.75, 3.05) is 12.0 Å². The molecule has 0 fully saturated rings. The van der Waals surface area contributed by atoms with E-state index < -0.39 is 0 Å². The lowest BCUT2D eigenvalue weighted by molar-refractivity contribution is 0.0531. The van der Waals surface area contributed by atoms with Crippen molar-refractivity contribution in [2.24, 2.45) is 5.10 Å². The van der Waals surface area contributed by atoms with Crippen LogP contribution in [0.1, 0.15) is 28.0 Å². The molecular formula is C13H14N4O2S. The van der Waals surface area contributed by atoms with Crippen LogP contribution in [0.4, 0.5) is 5.13 Å². The Hall–Kier alpha value is -2.28. The van der Waals surface area contributed by atoms with E-state index in [0.29, 0.717) is 22.3 Å². The Labute approximate surface area is 120 Å². The Morgan fingerprint density at radius 3 is 3.10 bits per heavy atom. The third kappa shape index (κ3) is 3.61. The van der Waals surface area contributed by atoms with Crippen molar-refractivity contribution in [2.45, 2.75) is 13.8 Å². The molecule has 0 spiro atoms. The van der Waals surface area contributed by atoms with Gasteiger partial charge in [-0.05, 0) is 26.0 Å². The van der Waals surface area contributed by atoms with E-state index in [-0.39, 0.29) is 5.97 Å². The second kappa shape index (κ2) is 6.76. The number of nitrogens with one attached hydrogen (secondary N) is 1. The lowest BCUT2D eigenvalue weighted by Gasteiger charge is -1.97. The average molecular weight is 290 g/mol. The summed E-state index contributed by atoms with van der Waals surface area (Å²) in [5.41, 5.74) is 4.14. The van der Waals surface area contributed by atoms with E-state index in [1.54, 1.807) is 26.3 Å². The van der Waals surface area contributed by atoms with Gasteiger partial charge < -0.3 is 4.74 Å². The molecule has 0 bridgehead atoms. The number of rotatable bonds is 5. The first-order valence-corrected chi connectivity index (χ1v) is 6.87. The first-order valence-electron chi connectivity index (χ1n) is 6.05. The number of hydrogen-bond donors (Lipinski definition) is 1. The molecular weight excluding hydrogens is 276 g/mol. The van der Waals surface area contributed by atoms with Crippen molar-refractivity contribution in [3.05, 3.63) is 40.7 Å². The molecule has 2 aromatic heterocycles. The first kappa shape index (κ1) is 14.1. The van der Waals surface area contributed by atoms with Gasteiger partial charge in [0.1, 0.15) is 4.88 Å². The number of carbonyl (C=O) groups is 1. The molecule has 7 heteroatoms. The molecule has 0 saturated carbocycles. The highest BCUT2D eigenvalue weighted by atomic mass is 32.1. The molecule has 0 aliphatic heterocycles. The maximum atomic E-state index is 11.6. The number of pyridine rings is 1. The maximum absolute atomic E-state index is 11.6. The Kier molecular flexibility index (Phi) is 4.78. The van der Waals surface area contributed by atoms with Crippen LogP contribution in [-0.4, -0.2) is 28.8 Å². The zero-order valence-corrected chi connectivity index (χ0v) is 12.0. The van der Waals surface area contributed by atoms with E-state index in [1.165, 1.54) is 11.3 Å². The molecule has 0 aliphatic rings. The third-order valence-corrected chi connectivity index (χ3v) is 3.34. The number of hydrogen-bond acceptors (Lipinski definition) is 7. The number of nitrogens with zero attached hydrogens (tertiary/aromatic N) is 3. The predicted molar refractivity (Wildman–Crippen MR) is 78.3 cm³/mol. The van der Waals surface area contributed by atoms with Crippen molar-refractivity contribution in [1.29, 1.82) is 0 Å². The van der Waals surface area contributed by atoms with Gasteiger partial charge in [-0.25, -0.2) is 9.78 Å². The van der Waals surface area contributed by atoms with E-state index in [2.05, 4.69) is 20.5 Å². The molecule has 0 amide bonds. The van der Waals surface area contributed by atoms with Crippen molar-refractivity contribution < 1.29 is 9.53 Å². The summed E-state index contributed by atoms with van der Waals surface area (Å²) in [6.45, 7) is 3.87. The van der Waals surface area contributed by atoms with E-state index in [4.69, 9.17) is 4.74 Å². The fourth-order valence-electron chi connectivity index (χ4n) is 1.44. The average Bonchev–Trinajstić information content (AvgIpc) is 2.81. The van der Waals surface area contributed by atoms with Gasteiger partial charge in [0.15, 0.2) is 0 Å². The highest BCUT2D eigenvalue weighted by Gasteiger charge is 2.15. The topological polar surface area (TPSA) is 76.5 Å². The smallest absolute Gasteiger partial charge is 0.350 e. The summed E-state index contributed by atoms with van der Waals surface area (Å²) < 4.78 is 4.95. The molecule has 0 radical (unpaired) electrons. The third-order valence-electron chi connectivity index (χ3n) is 2.30. The van der Waals surface area contributed by atoms with E-state index in [1.807, 2.05) is 18.2 Å². The number of anilines is 1. The van der Waals surface area contributed by atoms with Crippen LogP contribution in [0, 0.1) is 6.92 Å². The van der Waals surface area contributed by atoms with Gasteiger partial charge in [-0.15, -0.1) is 0 Å². The number of thiazole rings is 1. The summed E-state index contributed by atoms with van der Waals surface area (Å²) in [7, 11) is 0. The van der Waals surface area contributed by atoms with Crippen molar-refractivity contribution in [1.82, 2.24) is 9.97 Å². The summed E-state index contributed by atoms with van der Waals surface area (Å²) in [5.74, 6) is -0.357. The van der Waals surface area contributed by atoms with Gasteiger partial charge in [-0.1, -0.05) is 17.4 Å². The van der Waals surface area contributed by atoms with E-state index >= 15 is 0 Å². The van der Waals surface area contributed by atoms with Crippen LogP contribution in [0.25, 0.3) is 0 Å². The summed E-state index contributed by atoms with van der Waals surface area (Å²) in [6, 6.07) is 5.55. The maximum Gasteiger partial charge on any atom is 0.350 e. The Bertz CT molecular complexity index is 610. The molecule has 0 aliphatic carbocycles. The van der Waals surface area contributed by atoms with Crippen molar-refractivity contribution >= 4 is 28.7 Å². The number of carbonyl (C=O) groups excluding carboxylic acids is 1. The molecule has 1 N–H and O–H groups in total. The second-order valence-electron chi connectivity index (χ2n) is 3.78. The predicted octanol–water partition coefficient (Wildman–Crippen LogP) is 2.47. The highest BCUT2D eigenvalue weighted by Crippen LogP contribution is 2.23. The van der Waals surface area contributed by atoms with Crippen LogP contribution in [0.15, 0.2) is 29.5 Å². The minimum absolute atomic E-state index is 0.344. The quantitative estimate of drug-likeness (QED) is 0.520. The Morgan fingerprint density at radius 1 is 1.55 bits per heavy atom. The molecule has 20 heavy (non-hydrogen) atoms. The number of aromatic nitrogens is 2. The van der Waals surface area contributed by atoms with Crippen molar-refractivity contribution in [3.63, 3.8) is 0 Å². The van der Waals surface area contributed by atoms with Crippen LogP contribution in [0.2, 0.25) is 0 Å². The monoisotopic (exact) mass is 290 g/mol. The molecule has 104 valence electrons. The standard InChI is InChI=1S/C13H14N4O2S/c1-3-19-12(18)11-9(2)16-13(20-11)17-15-8-10-6-4-5-7-14-10/h4-8H,3H2,1-2H3,(H,16,17)/b15-8+. The number of hydrazone groups is 1. The van der Waals surface area contributed by atoms with Crippen LogP contribution < -0.4 is 5.43 Å². The van der Waals surface area contributed by atoms with Gasteiger partial charge in [0.25, 0.3) is 0 Å². The van der Waals surface area contributed by atoms with Gasteiger partial charge in [-0.3, -0.25) is 10.4 Å². The van der Waals surface area contributed by atoms with Crippen LogP contribution in [0.3, 0.4) is 0 Å². The Balaban J connectivity index is 2.02. The zero-order chi connectivity index (χ0) is 14.4. The number of esters is 1. The van der Waals surface area contributed by atoms with Crippen molar-refractivity contribution in [3.8, 4) is 0 Å². The normalized spacial score (nSPS) is 10.7. The fourth-order valence-corrected chi connectivity index (χ4v) is 2.25. The largest absolute Gasteiger partial charge is 0.462 e. The van der Waals surface area contributed by atoms with Crippen LogP contribution >= 0.6 is 11.3 Å². The Morgan fingerprint density at radius 2 is 2.40 bits per heavy atom. The minimum atomic E-state index is -0.357. The molecule has 0 atom stereocenters. The second-order valence-corrected chi connectivity index (χ2v) is 4.78. The van der Waals surface area contributed by atoms with E-state index in [0.717, 1.165) is 5.69 Å². The van der Waals surface area contributed by atoms with Crippen LogP contribution in [-0.2, 0) is 4.74 Å². The molecule has 0 unspecified atom stereocenters. The molecule has 6 nitrogen and oxygen atoms in total. The summed E-state index contributed by atoms with van der Waals surface area (Å²) in [6.07, 6.45) is 3.27. The molecule has 2 aromatic rings. The van der Waals surface area contributed by atoms with Crippen LogP contribution in [0.5, 0.6) is 0 Å². The molecule has 2 rings (SSSR count). The van der Waals surface area contributed by atoms with Gasteiger partial charge in [0, 0.05) is 6.20 Å². The molecule has 0 saturated heterocycles. The van der Waals surface area contributed by atoms with Gasteiger partial charge in [0.05, 0.1) is 24.2 Å².